The first-order valence-corrected chi connectivity index (χ1v) is 7.21. The van der Waals surface area contributed by atoms with Gasteiger partial charge in [0.05, 0.1) is 13.2 Å². The molecule has 4 nitrogen and oxygen atoms in total. The fourth-order valence-corrected chi connectivity index (χ4v) is 2.31. The summed E-state index contributed by atoms with van der Waals surface area (Å²) >= 11 is 3.56. The third-order valence-corrected chi connectivity index (χ3v) is 4.05. The molecule has 0 saturated carbocycles. The third-order valence-electron chi connectivity index (χ3n) is 3.28. The highest BCUT2D eigenvalue weighted by molar-refractivity contribution is 9.10. The second kappa shape index (κ2) is 8.53. The zero-order valence-corrected chi connectivity index (χ0v) is 13.4. The van der Waals surface area contributed by atoms with E-state index in [4.69, 9.17) is 15.3 Å². The van der Waals surface area contributed by atoms with E-state index in [9.17, 15) is 0 Å². The van der Waals surface area contributed by atoms with Gasteiger partial charge in [0.25, 0.3) is 0 Å². The van der Waals surface area contributed by atoms with E-state index >= 15 is 0 Å². The average molecular weight is 331 g/mol. The summed E-state index contributed by atoms with van der Waals surface area (Å²) in [6, 6.07) is 6.19. The number of nitrogens with one attached hydrogen (secondary N) is 1. The first-order chi connectivity index (χ1) is 9.10. The molecule has 2 unspecified atom stereocenters. The van der Waals surface area contributed by atoms with Crippen molar-refractivity contribution in [2.75, 3.05) is 14.2 Å². The quantitative estimate of drug-likeness (QED) is 0.568. The highest BCUT2D eigenvalue weighted by atomic mass is 79.9. The summed E-state index contributed by atoms with van der Waals surface area (Å²) in [6.45, 7) is 2.06. The Labute approximate surface area is 123 Å². The highest BCUT2D eigenvalue weighted by Crippen LogP contribution is 2.24. The Kier molecular flexibility index (Phi) is 7.38. The molecule has 0 bridgehead atoms. The van der Waals surface area contributed by atoms with Gasteiger partial charge in [-0.3, -0.25) is 11.3 Å². The van der Waals surface area contributed by atoms with Crippen molar-refractivity contribution in [3.63, 3.8) is 0 Å². The van der Waals surface area contributed by atoms with Crippen LogP contribution in [0.15, 0.2) is 22.7 Å². The van der Waals surface area contributed by atoms with E-state index in [1.54, 1.807) is 14.2 Å². The summed E-state index contributed by atoms with van der Waals surface area (Å²) in [5.41, 5.74) is 4.06. The number of hydrogen-bond acceptors (Lipinski definition) is 4. The zero-order valence-electron chi connectivity index (χ0n) is 11.8. The minimum atomic E-state index is 0.223. The van der Waals surface area contributed by atoms with Gasteiger partial charge in [0, 0.05) is 17.6 Å². The van der Waals surface area contributed by atoms with Crippen LogP contribution in [0.1, 0.15) is 25.3 Å². The number of benzene rings is 1. The molecule has 5 heteroatoms. The van der Waals surface area contributed by atoms with E-state index in [0.717, 1.165) is 29.5 Å². The van der Waals surface area contributed by atoms with Gasteiger partial charge in [0.1, 0.15) is 5.75 Å². The number of methoxy groups -OCH3 is 2. The molecule has 0 aromatic heterocycles. The lowest BCUT2D eigenvalue weighted by molar-refractivity contribution is 0.106. The first-order valence-electron chi connectivity index (χ1n) is 6.42. The first kappa shape index (κ1) is 16.4. The van der Waals surface area contributed by atoms with E-state index in [2.05, 4.69) is 28.3 Å². The fraction of sp³-hybridized carbons (Fsp3) is 0.571. The Morgan fingerprint density at radius 1 is 1.32 bits per heavy atom. The molecule has 0 amide bonds. The Balaban J connectivity index is 2.64. The molecule has 19 heavy (non-hydrogen) atoms. The van der Waals surface area contributed by atoms with Crippen molar-refractivity contribution in [1.29, 1.82) is 0 Å². The van der Waals surface area contributed by atoms with E-state index in [1.165, 1.54) is 5.56 Å². The average Bonchev–Trinajstić information content (AvgIpc) is 2.44. The van der Waals surface area contributed by atoms with Crippen LogP contribution in [0.2, 0.25) is 0 Å². The van der Waals surface area contributed by atoms with Gasteiger partial charge >= 0.3 is 0 Å². The van der Waals surface area contributed by atoms with Crippen LogP contribution in [0.25, 0.3) is 0 Å². The van der Waals surface area contributed by atoms with Gasteiger partial charge in [0.15, 0.2) is 0 Å². The molecule has 1 aromatic rings. The molecule has 1 aromatic carbocycles. The Bertz CT molecular complexity index is 388. The Morgan fingerprint density at radius 3 is 2.63 bits per heavy atom. The summed E-state index contributed by atoms with van der Waals surface area (Å²) < 4.78 is 11.6. The smallest absolute Gasteiger partial charge is 0.119 e. The SMILES string of the molecule is COc1ccc(Br)c(CC(CCC(C)OC)NN)c1. The maximum atomic E-state index is 5.63. The minimum absolute atomic E-state index is 0.223. The van der Waals surface area contributed by atoms with Crippen LogP contribution < -0.4 is 16.0 Å². The molecule has 0 heterocycles. The van der Waals surface area contributed by atoms with Crippen LogP contribution in [0.3, 0.4) is 0 Å². The number of nitrogens with two attached hydrogens (primary N) is 1. The minimum Gasteiger partial charge on any atom is -0.497 e. The predicted molar refractivity (Wildman–Crippen MR) is 81.2 cm³/mol. The molecule has 0 aliphatic rings. The summed E-state index contributed by atoms with van der Waals surface area (Å²) in [5, 5.41) is 0. The monoisotopic (exact) mass is 330 g/mol. The van der Waals surface area contributed by atoms with Crippen molar-refractivity contribution >= 4 is 15.9 Å². The highest BCUT2D eigenvalue weighted by Gasteiger charge is 2.12. The summed E-state index contributed by atoms with van der Waals surface area (Å²) in [4.78, 5) is 0. The van der Waals surface area contributed by atoms with E-state index in [0.29, 0.717) is 0 Å². The zero-order chi connectivity index (χ0) is 14.3. The number of halogens is 1. The fourth-order valence-electron chi connectivity index (χ4n) is 1.90. The van der Waals surface area contributed by atoms with Gasteiger partial charge < -0.3 is 9.47 Å². The molecule has 0 spiro atoms. The second-order valence-electron chi connectivity index (χ2n) is 4.65. The molecule has 0 aliphatic carbocycles. The number of hydrazine groups is 1. The van der Waals surface area contributed by atoms with Crippen LogP contribution in [-0.4, -0.2) is 26.4 Å². The number of ether oxygens (including phenoxy) is 2. The van der Waals surface area contributed by atoms with Crippen LogP contribution in [0, 0.1) is 0 Å². The Hall–Kier alpha value is -0.620. The van der Waals surface area contributed by atoms with E-state index in [1.807, 2.05) is 18.2 Å². The van der Waals surface area contributed by atoms with Gasteiger partial charge in [-0.15, -0.1) is 0 Å². The van der Waals surface area contributed by atoms with Crippen molar-refractivity contribution < 1.29 is 9.47 Å². The van der Waals surface area contributed by atoms with E-state index in [-0.39, 0.29) is 12.1 Å². The molecular formula is C14H23BrN2O2. The summed E-state index contributed by atoms with van der Waals surface area (Å²) in [7, 11) is 3.40. The van der Waals surface area contributed by atoms with Crippen molar-refractivity contribution in [2.24, 2.45) is 5.84 Å². The normalized spacial score (nSPS) is 14.2. The molecule has 0 saturated heterocycles. The Morgan fingerprint density at radius 2 is 2.05 bits per heavy atom. The van der Waals surface area contributed by atoms with Crippen molar-refractivity contribution in [1.82, 2.24) is 5.43 Å². The summed E-state index contributed by atoms with van der Waals surface area (Å²) in [6.07, 6.45) is 3.05. The predicted octanol–water partition coefficient (Wildman–Crippen LogP) is 2.65. The molecular weight excluding hydrogens is 308 g/mol. The van der Waals surface area contributed by atoms with Crippen molar-refractivity contribution in [3.05, 3.63) is 28.2 Å². The maximum absolute atomic E-state index is 5.63. The maximum Gasteiger partial charge on any atom is 0.119 e. The molecule has 0 fully saturated rings. The molecule has 1 rings (SSSR count). The van der Waals surface area contributed by atoms with Gasteiger partial charge in [0.2, 0.25) is 0 Å². The molecule has 108 valence electrons. The van der Waals surface area contributed by atoms with Crippen LogP contribution >= 0.6 is 15.9 Å². The molecule has 0 aliphatic heterocycles. The number of hydrogen-bond donors (Lipinski definition) is 2. The molecule has 0 radical (unpaired) electrons. The van der Waals surface area contributed by atoms with E-state index < -0.39 is 0 Å². The lowest BCUT2D eigenvalue weighted by Gasteiger charge is -2.19. The van der Waals surface area contributed by atoms with Gasteiger partial charge in [-0.2, -0.15) is 0 Å². The topological polar surface area (TPSA) is 56.5 Å². The standard InChI is InChI=1S/C14H23BrN2O2/c1-10(18-2)4-5-12(17-16)8-11-9-13(19-3)6-7-14(11)15/h6-7,9-10,12,17H,4-5,8,16H2,1-3H3. The largest absolute Gasteiger partial charge is 0.497 e. The molecule has 2 atom stereocenters. The number of rotatable bonds is 8. The lowest BCUT2D eigenvalue weighted by atomic mass is 10.0. The summed E-state index contributed by atoms with van der Waals surface area (Å²) in [5.74, 6) is 6.49. The lowest BCUT2D eigenvalue weighted by Crippen LogP contribution is -2.37. The van der Waals surface area contributed by atoms with Gasteiger partial charge in [-0.25, -0.2) is 0 Å². The van der Waals surface area contributed by atoms with Crippen LogP contribution in [0.4, 0.5) is 0 Å². The van der Waals surface area contributed by atoms with Crippen molar-refractivity contribution in [3.8, 4) is 5.75 Å². The van der Waals surface area contributed by atoms with Gasteiger partial charge in [-0.1, -0.05) is 15.9 Å². The third kappa shape index (κ3) is 5.48. The van der Waals surface area contributed by atoms with Gasteiger partial charge in [-0.05, 0) is 49.9 Å². The second-order valence-corrected chi connectivity index (χ2v) is 5.50. The molecule has 3 N–H and O–H groups in total. The van der Waals surface area contributed by atoms with Crippen LogP contribution in [-0.2, 0) is 11.2 Å². The van der Waals surface area contributed by atoms with Crippen molar-refractivity contribution in [2.45, 2.75) is 38.3 Å². The van der Waals surface area contributed by atoms with Crippen LogP contribution in [0.5, 0.6) is 5.75 Å².